The van der Waals surface area contributed by atoms with E-state index < -0.39 is 0 Å². The van der Waals surface area contributed by atoms with E-state index >= 15 is 0 Å². The summed E-state index contributed by atoms with van der Waals surface area (Å²) in [5, 5.41) is 0. The highest BCUT2D eigenvalue weighted by Gasteiger charge is 2.80. The van der Waals surface area contributed by atoms with Gasteiger partial charge in [-0.25, -0.2) is 8.97 Å². The Morgan fingerprint density at radius 1 is 0.913 bits per heavy atom. The fourth-order valence-electron chi connectivity index (χ4n) is 7.56. The summed E-state index contributed by atoms with van der Waals surface area (Å²) in [6.07, 6.45) is 5.76. The molecule has 0 aromatic heterocycles. The lowest BCUT2D eigenvalue weighted by Crippen LogP contribution is -2.83. The molecule has 4 nitrogen and oxygen atoms in total. The van der Waals surface area contributed by atoms with Gasteiger partial charge in [-0.3, -0.25) is 0 Å². The first-order valence-corrected chi connectivity index (χ1v) is 10.3. The minimum Gasteiger partial charge on any atom is -0.241 e. The van der Waals surface area contributed by atoms with Crippen LogP contribution in [-0.2, 0) is 0 Å². The molecule has 0 aliphatic carbocycles. The normalized spacial score (nSPS) is 42.8. The number of fused-ring (bicyclic) bond motifs is 2. The summed E-state index contributed by atoms with van der Waals surface area (Å²) in [7, 11) is 0. The molecule has 4 aliphatic rings. The van der Waals surface area contributed by atoms with E-state index in [0.29, 0.717) is 0 Å². The second-order valence-electron chi connectivity index (χ2n) is 8.79. The molecule has 0 N–H and O–H groups in total. The number of hydrogen-bond donors (Lipinski definition) is 0. The van der Waals surface area contributed by atoms with Crippen LogP contribution in [0.15, 0.2) is 0 Å². The highest BCUT2D eigenvalue weighted by atomic mass is 15.9. The maximum atomic E-state index is 2.96. The van der Waals surface area contributed by atoms with E-state index in [1.54, 1.807) is 0 Å². The lowest BCUT2D eigenvalue weighted by Gasteiger charge is -2.57. The van der Waals surface area contributed by atoms with Crippen LogP contribution in [0.1, 0.15) is 53.4 Å². The van der Waals surface area contributed by atoms with Crippen LogP contribution >= 0.6 is 0 Å². The smallest absolute Gasteiger partial charge is 0.241 e. The molecule has 23 heavy (non-hydrogen) atoms. The third kappa shape index (κ3) is 1.71. The van der Waals surface area contributed by atoms with Gasteiger partial charge in [-0.1, -0.05) is 13.8 Å². The van der Waals surface area contributed by atoms with Crippen molar-refractivity contribution in [1.29, 1.82) is 0 Å². The molecule has 4 saturated heterocycles. The second-order valence-corrected chi connectivity index (χ2v) is 8.79. The van der Waals surface area contributed by atoms with Crippen molar-refractivity contribution in [2.45, 2.75) is 71.4 Å². The molecule has 0 aromatic rings. The Bertz CT molecular complexity index is 452. The lowest BCUT2D eigenvalue weighted by atomic mass is 10.2. The maximum absolute atomic E-state index is 2.96. The zero-order valence-corrected chi connectivity index (χ0v) is 15.9. The number of likely N-dealkylation sites (N-methyl/N-ethyl adjacent to an activating group) is 2. The van der Waals surface area contributed by atoms with Crippen molar-refractivity contribution in [2.24, 2.45) is 0 Å². The zero-order valence-electron chi connectivity index (χ0n) is 15.9. The summed E-state index contributed by atoms with van der Waals surface area (Å²) in [6.45, 7) is 20.7. The van der Waals surface area contributed by atoms with Crippen LogP contribution in [0.2, 0.25) is 0 Å². The second kappa shape index (κ2) is 5.42. The number of hydrogen-bond acceptors (Lipinski definition) is 2. The van der Waals surface area contributed by atoms with E-state index in [4.69, 9.17) is 0 Å². The van der Waals surface area contributed by atoms with Gasteiger partial charge in [-0.05, 0) is 13.8 Å². The summed E-state index contributed by atoms with van der Waals surface area (Å²) in [5.41, 5.74) is 0. The topological polar surface area (TPSA) is 6.48 Å². The molecular formula is C19H38N4+2. The molecule has 3 unspecified atom stereocenters. The summed E-state index contributed by atoms with van der Waals surface area (Å²) in [4.78, 5) is 5.89. The van der Waals surface area contributed by atoms with Crippen LogP contribution in [0.25, 0.3) is 0 Å². The average Bonchev–Trinajstić information content (AvgIpc) is 3.27. The summed E-state index contributed by atoms with van der Waals surface area (Å²) >= 11 is 0. The minimum absolute atomic E-state index is 0.259. The van der Waals surface area contributed by atoms with Gasteiger partial charge in [0.1, 0.15) is 12.6 Å². The van der Waals surface area contributed by atoms with E-state index in [0.717, 1.165) is 12.1 Å². The van der Waals surface area contributed by atoms with Crippen molar-refractivity contribution in [2.75, 3.05) is 52.4 Å². The Balaban J connectivity index is 1.94. The van der Waals surface area contributed by atoms with Crippen LogP contribution in [0.3, 0.4) is 0 Å². The molecule has 0 amide bonds. The Morgan fingerprint density at radius 2 is 1.52 bits per heavy atom. The molecule has 0 saturated carbocycles. The first-order chi connectivity index (χ1) is 11.1. The van der Waals surface area contributed by atoms with Crippen molar-refractivity contribution in [3.8, 4) is 0 Å². The van der Waals surface area contributed by atoms with Gasteiger partial charge in [0.2, 0.25) is 0 Å². The predicted octanol–water partition coefficient (Wildman–Crippen LogP) is 2.27. The Labute approximate surface area is 143 Å². The Kier molecular flexibility index (Phi) is 3.84. The quantitative estimate of drug-likeness (QED) is 0.720. The van der Waals surface area contributed by atoms with Crippen LogP contribution in [0.5, 0.6) is 0 Å². The van der Waals surface area contributed by atoms with E-state index in [-0.39, 0.29) is 5.91 Å². The molecule has 4 aliphatic heterocycles. The van der Waals surface area contributed by atoms with Gasteiger partial charge in [0.15, 0.2) is 0 Å². The van der Waals surface area contributed by atoms with Crippen molar-refractivity contribution >= 4 is 0 Å². The largest absolute Gasteiger partial charge is 0.357 e. The Morgan fingerprint density at radius 3 is 2.09 bits per heavy atom. The highest BCUT2D eigenvalue weighted by Crippen LogP contribution is 2.55. The minimum atomic E-state index is 0.259. The van der Waals surface area contributed by atoms with E-state index in [1.807, 2.05) is 0 Å². The third-order valence-corrected chi connectivity index (χ3v) is 8.03. The summed E-state index contributed by atoms with van der Waals surface area (Å²) in [5.74, 6) is 0.259. The fourth-order valence-corrected chi connectivity index (χ4v) is 7.56. The third-order valence-electron chi connectivity index (χ3n) is 8.03. The molecule has 4 heteroatoms. The van der Waals surface area contributed by atoms with Crippen molar-refractivity contribution in [1.82, 2.24) is 9.80 Å². The molecule has 0 radical (unpaired) electrons. The monoisotopic (exact) mass is 322 g/mol. The molecule has 0 bridgehead atoms. The van der Waals surface area contributed by atoms with Gasteiger partial charge in [-0.15, -0.1) is 0 Å². The zero-order chi connectivity index (χ0) is 16.3. The van der Waals surface area contributed by atoms with Crippen LogP contribution in [0.4, 0.5) is 0 Å². The fraction of sp³-hybridized carbons (Fsp3) is 1.00. The molecule has 4 rings (SSSR count). The molecular weight excluding hydrogens is 284 g/mol. The summed E-state index contributed by atoms with van der Waals surface area (Å²) < 4.78 is 2.78. The maximum Gasteiger partial charge on any atom is 0.357 e. The molecule has 3 spiro atoms. The molecule has 4 heterocycles. The highest BCUT2D eigenvalue weighted by molar-refractivity contribution is 4.94. The molecule has 0 aromatic carbocycles. The predicted molar refractivity (Wildman–Crippen MR) is 94.6 cm³/mol. The van der Waals surface area contributed by atoms with Crippen molar-refractivity contribution < 1.29 is 8.97 Å². The first-order valence-electron chi connectivity index (χ1n) is 10.3. The number of nitrogens with zero attached hydrogens (tertiary/aromatic N) is 4. The molecule has 3 atom stereocenters. The van der Waals surface area contributed by atoms with E-state index in [9.17, 15) is 0 Å². The van der Waals surface area contributed by atoms with Gasteiger partial charge in [0.05, 0.1) is 38.8 Å². The van der Waals surface area contributed by atoms with Gasteiger partial charge in [0, 0.05) is 38.8 Å². The number of rotatable bonds is 2. The standard InChI is InChI=1S/C19H38N4/c1-5-20-15-18(4)23(13-9-10-14-23)19(20)21(6-2)17(3)16-22(19)11-7-8-12-22/h17-18H,5-16H2,1-4H3/q+2. The SMILES string of the molecule is CCN1CC(C)[N+]2(CCCC2)C12N(CC)C(C)C[N+]21CCCC1. The van der Waals surface area contributed by atoms with Crippen LogP contribution in [0, 0.1) is 0 Å². The van der Waals surface area contributed by atoms with E-state index in [1.165, 1.54) is 87.0 Å². The van der Waals surface area contributed by atoms with Gasteiger partial charge >= 0.3 is 5.91 Å². The van der Waals surface area contributed by atoms with Gasteiger partial charge in [-0.2, -0.15) is 9.80 Å². The lowest BCUT2D eigenvalue weighted by molar-refractivity contribution is -1.17. The van der Waals surface area contributed by atoms with Gasteiger partial charge in [0.25, 0.3) is 0 Å². The van der Waals surface area contributed by atoms with Crippen LogP contribution in [-0.4, -0.2) is 89.1 Å². The Hall–Kier alpha value is -0.160. The summed E-state index contributed by atoms with van der Waals surface area (Å²) in [6, 6.07) is 1.53. The average molecular weight is 323 g/mol. The molecule has 132 valence electrons. The van der Waals surface area contributed by atoms with Crippen LogP contribution < -0.4 is 0 Å². The first kappa shape index (κ1) is 16.3. The van der Waals surface area contributed by atoms with E-state index in [2.05, 4.69) is 37.5 Å². The van der Waals surface area contributed by atoms with Crippen molar-refractivity contribution in [3.63, 3.8) is 0 Å². The van der Waals surface area contributed by atoms with Crippen molar-refractivity contribution in [3.05, 3.63) is 0 Å². The number of quaternary nitrogens is 2. The molecule has 4 fully saturated rings. The van der Waals surface area contributed by atoms with Gasteiger partial charge < -0.3 is 0 Å².